The number of thiophene rings is 1. The van der Waals surface area contributed by atoms with Gasteiger partial charge in [-0.3, -0.25) is 9.59 Å². The molecule has 2 amide bonds. The van der Waals surface area contributed by atoms with E-state index in [9.17, 15) is 9.59 Å². The van der Waals surface area contributed by atoms with Crippen LogP contribution in [0.2, 0.25) is 0 Å². The first kappa shape index (κ1) is 19.2. The van der Waals surface area contributed by atoms with Crippen molar-refractivity contribution in [2.24, 2.45) is 0 Å². The van der Waals surface area contributed by atoms with Crippen LogP contribution in [0.15, 0.2) is 60.0 Å². The summed E-state index contributed by atoms with van der Waals surface area (Å²) in [4.78, 5) is 29.3. The van der Waals surface area contributed by atoms with E-state index in [-0.39, 0.29) is 11.8 Å². The number of amides is 2. The Morgan fingerprint density at radius 1 is 0.966 bits per heavy atom. The van der Waals surface area contributed by atoms with Crippen LogP contribution in [0.5, 0.6) is 5.75 Å². The van der Waals surface area contributed by atoms with E-state index in [2.05, 4.69) is 6.07 Å². The van der Waals surface area contributed by atoms with E-state index in [1.807, 2.05) is 58.8 Å². The molecule has 0 aliphatic carbocycles. The second-order valence-electron chi connectivity index (χ2n) is 6.90. The molecule has 1 aromatic heterocycles. The summed E-state index contributed by atoms with van der Waals surface area (Å²) in [7, 11) is 1.65. The van der Waals surface area contributed by atoms with Crippen molar-refractivity contribution >= 4 is 40.0 Å². The Morgan fingerprint density at radius 3 is 2.41 bits per heavy atom. The Morgan fingerprint density at radius 2 is 1.69 bits per heavy atom. The number of piperazine rings is 1. The molecule has 148 valence electrons. The van der Waals surface area contributed by atoms with Crippen molar-refractivity contribution in [2.45, 2.75) is 0 Å². The molecule has 0 unspecified atom stereocenters. The number of carbonyl (C=O) groups is 2. The minimum Gasteiger partial charge on any atom is -0.497 e. The lowest BCUT2D eigenvalue weighted by Crippen LogP contribution is -2.50. The van der Waals surface area contributed by atoms with Crippen LogP contribution in [0, 0.1) is 0 Å². The molecule has 0 N–H and O–H groups in total. The van der Waals surface area contributed by atoms with Gasteiger partial charge in [-0.25, -0.2) is 0 Å². The predicted octanol–water partition coefficient (Wildman–Crippen LogP) is 3.91. The zero-order valence-corrected chi connectivity index (χ0v) is 17.0. The summed E-state index contributed by atoms with van der Waals surface area (Å²) in [5.74, 6) is 0.853. The van der Waals surface area contributed by atoms with Gasteiger partial charge in [0.15, 0.2) is 0 Å². The third-order valence-electron chi connectivity index (χ3n) is 5.10. The van der Waals surface area contributed by atoms with Crippen molar-refractivity contribution in [3.8, 4) is 5.75 Å². The molecule has 1 aliphatic heterocycles. The van der Waals surface area contributed by atoms with Gasteiger partial charge in [0.1, 0.15) is 5.75 Å². The lowest BCUT2D eigenvalue weighted by atomic mass is 10.1. The van der Waals surface area contributed by atoms with Gasteiger partial charge < -0.3 is 14.5 Å². The number of benzene rings is 2. The van der Waals surface area contributed by atoms with Gasteiger partial charge in [-0.2, -0.15) is 0 Å². The van der Waals surface area contributed by atoms with Crippen molar-refractivity contribution in [1.29, 1.82) is 0 Å². The summed E-state index contributed by atoms with van der Waals surface area (Å²) in [6.07, 6.45) is 3.45. The first-order valence-electron chi connectivity index (χ1n) is 9.51. The van der Waals surface area contributed by atoms with Gasteiger partial charge in [0.2, 0.25) is 5.91 Å². The predicted molar refractivity (Wildman–Crippen MR) is 116 cm³/mol. The minimum atomic E-state index is -0.0250. The molecule has 4 rings (SSSR count). The number of hydrogen-bond donors (Lipinski definition) is 0. The summed E-state index contributed by atoms with van der Waals surface area (Å²) >= 11 is 1.45. The van der Waals surface area contributed by atoms with Crippen LogP contribution in [0.3, 0.4) is 0 Å². The highest BCUT2D eigenvalue weighted by Gasteiger charge is 2.24. The van der Waals surface area contributed by atoms with Gasteiger partial charge >= 0.3 is 0 Å². The lowest BCUT2D eigenvalue weighted by molar-refractivity contribution is -0.127. The Kier molecular flexibility index (Phi) is 5.62. The SMILES string of the molecule is COc1ccc2cc(/C=C/C(=O)N3CCN(C(=O)c4cccs4)CC3)ccc2c1. The van der Waals surface area contributed by atoms with Gasteiger partial charge in [0.05, 0.1) is 12.0 Å². The Hall–Kier alpha value is -3.12. The summed E-state index contributed by atoms with van der Waals surface area (Å²) in [5, 5.41) is 4.10. The molecule has 2 heterocycles. The maximum atomic E-state index is 12.5. The first-order chi connectivity index (χ1) is 14.1. The van der Waals surface area contributed by atoms with Gasteiger partial charge in [0, 0.05) is 32.3 Å². The van der Waals surface area contributed by atoms with Crippen LogP contribution < -0.4 is 4.74 Å². The molecule has 0 atom stereocenters. The molecule has 1 aliphatic rings. The highest BCUT2D eigenvalue weighted by atomic mass is 32.1. The zero-order chi connectivity index (χ0) is 20.2. The summed E-state index contributed by atoms with van der Waals surface area (Å²) in [6, 6.07) is 15.7. The maximum absolute atomic E-state index is 12.5. The van der Waals surface area contributed by atoms with E-state index in [1.165, 1.54) is 11.3 Å². The molecule has 6 heteroatoms. The Balaban J connectivity index is 1.36. The van der Waals surface area contributed by atoms with E-state index in [0.29, 0.717) is 26.2 Å². The van der Waals surface area contributed by atoms with E-state index in [0.717, 1.165) is 27.0 Å². The Labute approximate surface area is 173 Å². The monoisotopic (exact) mass is 406 g/mol. The maximum Gasteiger partial charge on any atom is 0.264 e. The zero-order valence-electron chi connectivity index (χ0n) is 16.2. The van der Waals surface area contributed by atoms with Crippen LogP contribution in [-0.4, -0.2) is 54.9 Å². The van der Waals surface area contributed by atoms with Gasteiger partial charge in [0.25, 0.3) is 5.91 Å². The largest absolute Gasteiger partial charge is 0.497 e. The van der Waals surface area contributed by atoms with Crippen LogP contribution >= 0.6 is 11.3 Å². The second-order valence-corrected chi connectivity index (χ2v) is 7.85. The number of carbonyl (C=O) groups excluding carboxylic acids is 2. The topological polar surface area (TPSA) is 49.9 Å². The van der Waals surface area contributed by atoms with Crippen molar-refractivity contribution in [3.05, 3.63) is 70.4 Å². The highest BCUT2D eigenvalue weighted by Crippen LogP contribution is 2.22. The number of ether oxygens (including phenoxy) is 1. The second kappa shape index (κ2) is 8.49. The van der Waals surface area contributed by atoms with Crippen LogP contribution in [0.4, 0.5) is 0 Å². The fraction of sp³-hybridized carbons (Fsp3) is 0.217. The lowest BCUT2D eigenvalue weighted by Gasteiger charge is -2.34. The van der Waals surface area contributed by atoms with Crippen molar-refractivity contribution in [3.63, 3.8) is 0 Å². The smallest absolute Gasteiger partial charge is 0.264 e. The van der Waals surface area contributed by atoms with Crippen LogP contribution in [0.25, 0.3) is 16.8 Å². The molecular formula is C23H22N2O3S. The van der Waals surface area contributed by atoms with E-state index in [1.54, 1.807) is 18.1 Å². The van der Waals surface area contributed by atoms with Crippen LogP contribution in [-0.2, 0) is 4.79 Å². The van der Waals surface area contributed by atoms with E-state index in [4.69, 9.17) is 4.74 Å². The number of rotatable bonds is 4. The van der Waals surface area contributed by atoms with Gasteiger partial charge in [-0.05, 0) is 52.1 Å². The summed E-state index contributed by atoms with van der Waals surface area (Å²) in [5.41, 5.74) is 0.975. The summed E-state index contributed by atoms with van der Waals surface area (Å²) in [6.45, 7) is 2.23. The highest BCUT2D eigenvalue weighted by molar-refractivity contribution is 7.12. The molecule has 3 aromatic rings. The molecule has 0 bridgehead atoms. The standard InChI is InChI=1S/C23H22N2O3S/c1-28-20-8-7-18-15-17(4-6-19(18)16-20)5-9-22(26)24-10-12-25(13-11-24)23(27)21-3-2-14-29-21/h2-9,14-16H,10-13H2,1H3/b9-5+. The molecule has 29 heavy (non-hydrogen) atoms. The molecule has 1 fully saturated rings. The third-order valence-corrected chi connectivity index (χ3v) is 5.96. The minimum absolute atomic E-state index is 0.0250. The fourth-order valence-electron chi connectivity index (χ4n) is 3.43. The molecule has 0 radical (unpaired) electrons. The number of fused-ring (bicyclic) bond motifs is 1. The normalized spacial score (nSPS) is 14.5. The average molecular weight is 407 g/mol. The fourth-order valence-corrected chi connectivity index (χ4v) is 4.12. The molecule has 0 spiro atoms. The number of hydrogen-bond acceptors (Lipinski definition) is 4. The molecule has 5 nitrogen and oxygen atoms in total. The van der Waals surface area contributed by atoms with Crippen molar-refractivity contribution in [2.75, 3.05) is 33.3 Å². The Bertz CT molecular complexity index is 1050. The third kappa shape index (κ3) is 4.32. The van der Waals surface area contributed by atoms with Crippen LogP contribution in [0.1, 0.15) is 15.2 Å². The quantitative estimate of drug-likeness (QED) is 0.618. The molecule has 2 aromatic carbocycles. The average Bonchev–Trinajstić information content (AvgIpc) is 3.31. The van der Waals surface area contributed by atoms with Crippen molar-refractivity contribution < 1.29 is 14.3 Å². The number of nitrogens with zero attached hydrogens (tertiary/aromatic N) is 2. The molecule has 1 saturated heterocycles. The molecule has 0 saturated carbocycles. The van der Waals surface area contributed by atoms with Gasteiger partial charge in [-0.15, -0.1) is 11.3 Å². The van der Waals surface area contributed by atoms with E-state index < -0.39 is 0 Å². The van der Waals surface area contributed by atoms with Crippen molar-refractivity contribution in [1.82, 2.24) is 9.80 Å². The number of methoxy groups -OCH3 is 1. The summed E-state index contributed by atoms with van der Waals surface area (Å²) < 4.78 is 5.25. The molecular weight excluding hydrogens is 384 g/mol. The van der Waals surface area contributed by atoms with E-state index >= 15 is 0 Å². The first-order valence-corrected chi connectivity index (χ1v) is 10.4. The van der Waals surface area contributed by atoms with Gasteiger partial charge in [-0.1, -0.05) is 24.3 Å².